The van der Waals surface area contributed by atoms with E-state index >= 15 is 0 Å². The molecule has 28 heavy (non-hydrogen) atoms. The minimum absolute atomic E-state index is 0.249. The number of imide groups is 1. The van der Waals surface area contributed by atoms with E-state index in [4.69, 9.17) is 0 Å². The summed E-state index contributed by atoms with van der Waals surface area (Å²) >= 11 is 0. The van der Waals surface area contributed by atoms with E-state index in [0.717, 1.165) is 43.4 Å². The summed E-state index contributed by atoms with van der Waals surface area (Å²) in [7, 11) is 0. The topological polar surface area (TPSA) is 78.5 Å². The summed E-state index contributed by atoms with van der Waals surface area (Å²) in [6.07, 6.45) is 7.60. The second-order valence-electron chi connectivity index (χ2n) is 8.10. The molecule has 6 heteroatoms. The highest BCUT2D eigenvalue weighted by molar-refractivity contribution is 6.10. The molecule has 2 aliphatic rings. The van der Waals surface area contributed by atoms with Gasteiger partial charge in [0.2, 0.25) is 5.91 Å². The lowest BCUT2D eigenvalue weighted by molar-refractivity contribution is -0.135. The van der Waals surface area contributed by atoms with Gasteiger partial charge in [0.1, 0.15) is 12.1 Å². The molecule has 1 saturated carbocycles. The van der Waals surface area contributed by atoms with E-state index in [-0.39, 0.29) is 18.4 Å². The molecule has 152 valence electrons. The van der Waals surface area contributed by atoms with Gasteiger partial charge >= 0.3 is 6.03 Å². The smallest absolute Gasteiger partial charge is 0.325 e. The normalized spacial score (nSPS) is 24.5. The molecule has 1 spiro atoms. The molecular formula is C22H31N3O3. The summed E-state index contributed by atoms with van der Waals surface area (Å²) in [6, 6.07) is 7.27. The van der Waals surface area contributed by atoms with Crippen LogP contribution in [0, 0.1) is 5.92 Å². The number of anilines is 1. The lowest BCUT2D eigenvalue weighted by atomic mass is 9.75. The molecule has 2 fully saturated rings. The van der Waals surface area contributed by atoms with Gasteiger partial charge in [0.25, 0.3) is 5.91 Å². The van der Waals surface area contributed by atoms with Gasteiger partial charge in [0.05, 0.1) is 0 Å². The number of nitrogens with zero attached hydrogens (tertiary/aromatic N) is 1. The Hall–Kier alpha value is -2.37. The highest BCUT2D eigenvalue weighted by Gasteiger charge is 2.52. The van der Waals surface area contributed by atoms with E-state index in [0.29, 0.717) is 24.4 Å². The average Bonchev–Trinajstić information content (AvgIpc) is 2.92. The largest absolute Gasteiger partial charge is 0.325 e. The first-order chi connectivity index (χ1) is 13.5. The van der Waals surface area contributed by atoms with Gasteiger partial charge in [0, 0.05) is 5.69 Å². The van der Waals surface area contributed by atoms with E-state index in [9.17, 15) is 14.4 Å². The fourth-order valence-corrected chi connectivity index (χ4v) is 4.22. The lowest BCUT2D eigenvalue weighted by Gasteiger charge is -2.34. The van der Waals surface area contributed by atoms with Gasteiger partial charge in [-0.05, 0) is 62.1 Å². The summed E-state index contributed by atoms with van der Waals surface area (Å²) in [5.74, 6) is 0.00851. The molecule has 6 nitrogen and oxygen atoms in total. The third kappa shape index (κ3) is 4.37. The Morgan fingerprint density at radius 3 is 2.46 bits per heavy atom. The number of carbonyl (C=O) groups is 3. The van der Waals surface area contributed by atoms with E-state index in [2.05, 4.69) is 24.5 Å². The van der Waals surface area contributed by atoms with Crippen molar-refractivity contribution < 1.29 is 14.4 Å². The average molecular weight is 386 g/mol. The van der Waals surface area contributed by atoms with Gasteiger partial charge in [0.15, 0.2) is 0 Å². The van der Waals surface area contributed by atoms with Crippen LogP contribution in [0.3, 0.4) is 0 Å². The Labute approximate surface area is 167 Å². The summed E-state index contributed by atoms with van der Waals surface area (Å²) in [5.41, 5.74) is 1.11. The van der Waals surface area contributed by atoms with Gasteiger partial charge < -0.3 is 10.6 Å². The van der Waals surface area contributed by atoms with Crippen LogP contribution in [0.4, 0.5) is 10.5 Å². The lowest BCUT2D eigenvalue weighted by Crippen LogP contribution is -2.49. The predicted molar refractivity (Wildman–Crippen MR) is 109 cm³/mol. The van der Waals surface area contributed by atoms with Crippen molar-refractivity contribution in [2.45, 2.75) is 70.8 Å². The standard InChI is InChI=1S/C22H31N3O3/c1-3-5-6-17-7-9-18(10-8-17)23-19(26)15-25-20(27)22(24-21(25)28)13-11-16(4-2)12-14-22/h7-10,16H,3-6,11-15H2,1-2H3,(H,23,26)(H,24,28). The van der Waals surface area contributed by atoms with Crippen LogP contribution in [0.2, 0.25) is 0 Å². The van der Waals surface area contributed by atoms with Gasteiger partial charge in [-0.25, -0.2) is 4.79 Å². The molecule has 1 saturated heterocycles. The molecule has 3 rings (SSSR count). The van der Waals surface area contributed by atoms with Crippen molar-refractivity contribution in [3.05, 3.63) is 29.8 Å². The maximum absolute atomic E-state index is 12.9. The number of amides is 4. The van der Waals surface area contributed by atoms with E-state index in [1.807, 2.05) is 24.3 Å². The molecule has 0 radical (unpaired) electrons. The predicted octanol–water partition coefficient (Wildman–Crippen LogP) is 3.86. The van der Waals surface area contributed by atoms with E-state index < -0.39 is 11.6 Å². The molecule has 1 aromatic rings. The molecule has 2 N–H and O–H groups in total. The molecule has 1 aliphatic carbocycles. The number of nitrogens with one attached hydrogen (secondary N) is 2. The number of hydrogen-bond donors (Lipinski definition) is 2. The Balaban J connectivity index is 1.56. The molecule has 0 atom stereocenters. The van der Waals surface area contributed by atoms with Gasteiger partial charge in [-0.2, -0.15) is 0 Å². The number of urea groups is 1. The molecular weight excluding hydrogens is 354 g/mol. The quantitative estimate of drug-likeness (QED) is 0.700. The van der Waals surface area contributed by atoms with Crippen LogP contribution in [0.25, 0.3) is 0 Å². The Morgan fingerprint density at radius 1 is 1.18 bits per heavy atom. The van der Waals surface area contributed by atoms with Gasteiger partial charge in [-0.1, -0.05) is 38.8 Å². The van der Waals surface area contributed by atoms with E-state index in [1.165, 1.54) is 5.56 Å². The number of aryl methyl sites for hydroxylation is 1. The molecule has 0 aromatic heterocycles. The third-order valence-electron chi connectivity index (χ3n) is 6.14. The van der Waals surface area contributed by atoms with Crippen molar-refractivity contribution in [2.75, 3.05) is 11.9 Å². The van der Waals surface area contributed by atoms with Crippen LogP contribution >= 0.6 is 0 Å². The second-order valence-corrected chi connectivity index (χ2v) is 8.10. The zero-order valence-corrected chi connectivity index (χ0v) is 16.9. The summed E-state index contributed by atoms with van der Waals surface area (Å²) < 4.78 is 0. The summed E-state index contributed by atoms with van der Waals surface area (Å²) in [4.78, 5) is 38.7. The second kappa shape index (κ2) is 8.76. The number of hydrogen-bond acceptors (Lipinski definition) is 3. The van der Waals surface area contributed by atoms with Crippen LogP contribution in [0.1, 0.15) is 64.4 Å². The van der Waals surface area contributed by atoms with E-state index in [1.54, 1.807) is 0 Å². The van der Waals surface area contributed by atoms with Crippen LogP contribution in [-0.2, 0) is 16.0 Å². The first kappa shape index (κ1) is 20.4. The van der Waals surface area contributed by atoms with Crippen molar-refractivity contribution in [2.24, 2.45) is 5.92 Å². The number of rotatable bonds is 7. The third-order valence-corrected chi connectivity index (χ3v) is 6.14. The molecule has 1 aromatic carbocycles. The number of unbranched alkanes of at least 4 members (excludes halogenated alkanes) is 1. The molecule has 1 aliphatic heterocycles. The monoisotopic (exact) mass is 385 g/mol. The zero-order valence-electron chi connectivity index (χ0n) is 16.9. The van der Waals surface area contributed by atoms with Crippen molar-refractivity contribution in [1.82, 2.24) is 10.2 Å². The molecule has 4 amide bonds. The molecule has 1 heterocycles. The van der Waals surface area contributed by atoms with Crippen molar-refractivity contribution in [3.63, 3.8) is 0 Å². The fourth-order valence-electron chi connectivity index (χ4n) is 4.22. The number of benzene rings is 1. The Bertz CT molecular complexity index is 721. The Morgan fingerprint density at radius 2 is 1.86 bits per heavy atom. The minimum Gasteiger partial charge on any atom is -0.325 e. The highest BCUT2D eigenvalue weighted by atomic mass is 16.2. The summed E-state index contributed by atoms with van der Waals surface area (Å²) in [5, 5.41) is 5.66. The van der Waals surface area contributed by atoms with Crippen molar-refractivity contribution >= 4 is 23.5 Å². The van der Waals surface area contributed by atoms with Crippen LogP contribution in [-0.4, -0.2) is 34.8 Å². The molecule has 0 unspecified atom stereocenters. The van der Waals surface area contributed by atoms with Gasteiger partial charge in [-0.3, -0.25) is 14.5 Å². The Kier molecular flexibility index (Phi) is 6.37. The fraction of sp³-hybridized carbons (Fsp3) is 0.591. The first-order valence-electron chi connectivity index (χ1n) is 10.5. The zero-order chi connectivity index (χ0) is 20.1. The molecule has 0 bridgehead atoms. The van der Waals surface area contributed by atoms with Crippen LogP contribution < -0.4 is 10.6 Å². The first-order valence-corrected chi connectivity index (χ1v) is 10.5. The number of carbonyl (C=O) groups excluding carboxylic acids is 3. The van der Waals surface area contributed by atoms with Crippen molar-refractivity contribution in [3.8, 4) is 0 Å². The van der Waals surface area contributed by atoms with Crippen LogP contribution in [0.5, 0.6) is 0 Å². The minimum atomic E-state index is -0.802. The maximum atomic E-state index is 12.9. The highest BCUT2D eigenvalue weighted by Crippen LogP contribution is 2.37. The van der Waals surface area contributed by atoms with Crippen molar-refractivity contribution in [1.29, 1.82) is 0 Å². The summed E-state index contributed by atoms with van der Waals surface area (Å²) in [6.45, 7) is 4.07. The maximum Gasteiger partial charge on any atom is 0.325 e. The van der Waals surface area contributed by atoms with Gasteiger partial charge in [-0.15, -0.1) is 0 Å². The SMILES string of the molecule is CCCCc1ccc(NC(=O)CN2C(=O)NC3(CCC(CC)CC3)C2=O)cc1. The van der Waals surface area contributed by atoms with Crippen LogP contribution in [0.15, 0.2) is 24.3 Å².